The number of likely N-dealkylation sites (N-methyl/N-ethyl adjacent to an activating group) is 1. The van der Waals surface area contributed by atoms with Crippen LogP contribution in [-0.4, -0.2) is 54.0 Å². The number of aliphatic hydroxyl groups is 1. The molecule has 6 nitrogen and oxygen atoms in total. The average molecular weight is 439 g/mol. The number of ether oxygens (including phenoxy) is 1. The van der Waals surface area contributed by atoms with Gasteiger partial charge >= 0.3 is 0 Å². The third-order valence-electron chi connectivity index (χ3n) is 5.53. The maximum Gasteiger partial charge on any atom is 0.194 e. The van der Waals surface area contributed by atoms with Crippen LogP contribution >= 0.6 is 12.4 Å². The van der Waals surface area contributed by atoms with Crippen LogP contribution in [0.1, 0.15) is 19.4 Å². The number of rotatable bonds is 5. The van der Waals surface area contributed by atoms with Gasteiger partial charge in [-0.25, -0.2) is 4.98 Å². The van der Waals surface area contributed by atoms with Gasteiger partial charge in [0.2, 0.25) is 0 Å². The number of aromatic nitrogens is 1. The highest BCUT2D eigenvalue weighted by molar-refractivity contribution is 5.95. The lowest BCUT2D eigenvalue weighted by molar-refractivity contribution is -0.000502. The van der Waals surface area contributed by atoms with Gasteiger partial charge in [-0.15, -0.1) is 12.4 Å². The number of hydrogen-bond acceptors (Lipinski definition) is 6. The lowest BCUT2D eigenvalue weighted by atomic mass is 10.0. The van der Waals surface area contributed by atoms with Crippen LogP contribution in [0.4, 0.5) is 5.82 Å². The zero-order chi connectivity index (χ0) is 21.1. The summed E-state index contributed by atoms with van der Waals surface area (Å²) in [5.74, 6) is 1.36. The molecule has 7 heteroatoms. The van der Waals surface area contributed by atoms with Crippen LogP contribution in [0, 0.1) is 11.3 Å². The standard InChI is InChI=1S/C24H26N4O2.ClH/c1-3-27-10-12-28(13-11-27)24-21-7-5-4-6-18(21)15-22(26-24)19-8-9-23(30-17(2)29)20(14-19)16-25;/h4-9,14-15,17,29H,3,10-13H2,1-2H3;1H. The lowest BCUT2D eigenvalue weighted by Gasteiger charge is -2.35. The molecule has 2 aromatic carbocycles. The number of nitrogens with zero attached hydrogens (tertiary/aromatic N) is 4. The summed E-state index contributed by atoms with van der Waals surface area (Å²) < 4.78 is 5.34. The summed E-state index contributed by atoms with van der Waals surface area (Å²) in [6, 6.07) is 17.9. The van der Waals surface area contributed by atoms with Gasteiger partial charge in [0.15, 0.2) is 6.29 Å². The predicted octanol–water partition coefficient (Wildman–Crippen LogP) is 4.05. The van der Waals surface area contributed by atoms with Crippen molar-refractivity contribution in [1.29, 1.82) is 5.26 Å². The highest BCUT2D eigenvalue weighted by Crippen LogP contribution is 2.32. The number of benzene rings is 2. The van der Waals surface area contributed by atoms with E-state index in [1.807, 2.05) is 18.2 Å². The molecular weight excluding hydrogens is 412 g/mol. The van der Waals surface area contributed by atoms with Crippen molar-refractivity contribution in [3.05, 3.63) is 54.1 Å². The van der Waals surface area contributed by atoms with Crippen molar-refractivity contribution in [2.75, 3.05) is 37.6 Å². The van der Waals surface area contributed by atoms with E-state index in [-0.39, 0.29) is 12.4 Å². The number of nitriles is 1. The lowest BCUT2D eigenvalue weighted by Crippen LogP contribution is -2.46. The zero-order valence-electron chi connectivity index (χ0n) is 17.8. The Balaban J connectivity index is 0.00000272. The molecule has 1 aromatic heterocycles. The van der Waals surface area contributed by atoms with E-state index in [0.717, 1.165) is 60.6 Å². The first-order valence-corrected chi connectivity index (χ1v) is 10.4. The van der Waals surface area contributed by atoms with Gasteiger partial charge in [0.25, 0.3) is 0 Å². The fourth-order valence-corrected chi connectivity index (χ4v) is 3.91. The van der Waals surface area contributed by atoms with E-state index in [4.69, 9.17) is 9.72 Å². The smallest absolute Gasteiger partial charge is 0.194 e. The molecule has 1 aliphatic heterocycles. The van der Waals surface area contributed by atoms with Gasteiger partial charge in [-0.1, -0.05) is 31.2 Å². The maximum absolute atomic E-state index is 9.54. The van der Waals surface area contributed by atoms with Crippen LogP contribution in [0.15, 0.2) is 48.5 Å². The minimum atomic E-state index is -0.977. The third-order valence-corrected chi connectivity index (χ3v) is 5.53. The summed E-state index contributed by atoms with van der Waals surface area (Å²) in [5, 5.41) is 21.3. The molecular formula is C24H27ClN4O2. The van der Waals surface area contributed by atoms with Gasteiger partial charge in [-0.3, -0.25) is 0 Å². The van der Waals surface area contributed by atoms with Gasteiger partial charge in [0.05, 0.1) is 11.3 Å². The van der Waals surface area contributed by atoms with Crippen molar-refractivity contribution in [2.24, 2.45) is 0 Å². The minimum Gasteiger partial charge on any atom is -0.464 e. The van der Waals surface area contributed by atoms with E-state index in [2.05, 4.69) is 41.0 Å². The molecule has 0 amide bonds. The molecule has 3 aromatic rings. The number of anilines is 1. The second-order valence-electron chi connectivity index (χ2n) is 7.51. The molecule has 1 atom stereocenters. The third kappa shape index (κ3) is 4.91. The van der Waals surface area contributed by atoms with E-state index in [1.165, 1.54) is 6.92 Å². The maximum atomic E-state index is 9.54. The molecule has 31 heavy (non-hydrogen) atoms. The van der Waals surface area contributed by atoms with Crippen molar-refractivity contribution in [3.8, 4) is 23.1 Å². The van der Waals surface area contributed by atoms with E-state index in [1.54, 1.807) is 12.1 Å². The Morgan fingerprint density at radius 2 is 1.87 bits per heavy atom. The molecule has 0 radical (unpaired) electrons. The van der Waals surface area contributed by atoms with Crippen LogP contribution in [0.25, 0.3) is 22.0 Å². The molecule has 1 N–H and O–H groups in total. The molecule has 4 rings (SSSR count). The zero-order valence-corrected chi connectivity index (χ0v) is 18.6. The topological polar surface area (TPSA) is 72.6 Å². The summed E-state index contributed by atoms with van der Waals surface area (Å²) in [6.45, 7) is 8.73. The first-order chi connectivity index (χ1) is 14.6. The van der Waals surface area contributed by atoms with Crippen molar-refractivity contribution in [3.63, 3.8) is 0 Å². The quantitative estimate of drug-likeness (QED) is 0.606. The summed E-state index contributed by atoms with van der Waals surface area (Å²) in [4.78, 5) is 9.82. The van der Waals surface area contributed by atoms with Crippen LogP contribution in [0.5, 0.6) is 5.75 Å². The number of piperazine rings is 1. The molecule has 1 saturated heterocycles. The van der Waals surface area contributed by atoms with E-state index >= 15 is 0 Å². The van der Waals surface area contributed by atoms with Gasteiger partial charge < -0.3 is 19.6 Å². The normalized spacial score (nSPS) is 15.2. The van der Waals surface area contributed by atoms with Gasteiger partial charge in [-0.05, 0) is 43.1 Å². The van der Waals surface area contributed by atoms with Crippen LogP contribution in [-0.2, 0) is 0 Å². The molecule has 0 aliphatic carbocycles. The molecule has 1 aliphatic rings. The molecule has 162 valence electrons. The fraction of sp³-hybridized carbons (Fsp3) is 0.333. The monoisotopic (exact) mass is 438 g/mol. The van der Waals surface area contributed by atoms with Crippen LogP contribution in [0.3, 0.4) is 0 Å². The SMILES string of the molecule is CCN1CCN(c2nc(-c3ccc(OC(C)O)c(C#N)c3)cc3ccccc23)CC1.Cl. The molecule has 2 heterocycles. The number of hydrogen-bond donors (Lipinski definition) is 1. The Labute approximate surface area is 189 Å². The number of aliphatic hydroxyl groups excluding tert-OH is 1. The Bertz CT molecular complexity index is 1090. The molecule has 0 bridgehead atoms. The van der Waals surface area contributed by atoms with Crippen LogP contribution in [0.2, 0.25) is 0 Å². The molecule has 1 fully saturated rings. The Hall–Kier alpha value is -2.85. The first-order valence-electron chi connectivity index (χ1n) is 10.4. The van der Waals surface area contributed by atoms with Gasteiger partial charge in [0, 0.05) is 37.1 Å². The number of fused-ring (bicyclic) bond motifs is 1. The van der Waals surface area contributed by atoms with Crippen molar-refractivity contribution >= 4 is 29.0 Å². The summed E-state index contributed by atoms with van der Waals surface area (Å²) in [5.41, 5.74) is 2.05. The molecule has 0 spiro atoms. The van der Waals surface area contributed by atoms with Gasteiger partial charge in [0.1, 0.15) is 17.6 Å². The molecule has 0 saturated carbocycles. The van der Waals surface area contributed by atoms with E-state index < -0.39 is 6.29 Å². The Morgan fingerprint density at radius 1 is 1.13 bits per heavy atom. The average Bonchev–Trinajstić information content (AvgIpc) is 2.78. The largest absolute Gasteiger partial charge is 0.464 e. The molecule has 1 unspecified atom stereocenters. The predicted molar refractivity (Wildman–Crippen MR) is 126 cm³/mol. The van der Waals surface area contributed by atoms with Gasteiger partial charge in [-0.2, -0.15) is 5.26 Å². The second kappa shape index (κ2) is 9.97. The Morgan fingerprint density at radius 3 is 2.55 bits per heavy atom. The summed E-state index contributed by atoms with van der Waals surface area (Å²) >= 11 is 0. The highest BCUT2D eigenvalue weighted by Gasteiger charge is 2.20. The van der Waals surface area contributed by atoms with E-state index in [9.17, 15) is 10.4 Å². The van der Waals surface area contributed by atoms with E-state index in [0.29, 0.717) is 11.3 Å². The van der Waals surface area contributed by atoms with Crippen molar-refractivity contribution < 1.29 is 9.84 Å². The first kappa shape index (κ1) is 22.8. The van der Waals surface area contributed by atoms with Crippen LogP contribution < -0.4 is 9.64 Å². The highest BCUT2D eigenvalue weighted by atomic mass is 35.5. The van der Waals surface area contributed by atoms with Crippen molar-refractivity contribution in [1.82, 2.24) is 9.88 Å². The number of pyridine rings is 1. The van der Waals surface area contributed by atoms with Crippen molar-refractivity contribution in [2.45, 2.75) is 20.1 Å². The number of halogens is 1. The second-order valence-corrected chi connectivity index (χ2v) is 7.51. The summed E-state index contributed by atoms with van der Waals surface area (Å²) in [7, 11) is 0. The summed E-state index contributed by atoms with van der Waals surface area (Å²) in [6.07, 6.45) is -0.977. The Kier molecular flexibility index (Phi) is 7.34. The fourth-order valence-electron chi connectivity index (χ4n) is 3.91. The minimum absolute atomic E-state index is 0.